The van der Waals surface area contributed by atoms with E-state index in [1.165, 1.54) is 0 Å². The molecule has 1 aliphatic carbocycles. The first-order valence-electron chi connectivity index (χ1n) is 9.16. The Morgan fingerprint density at radius 3 is 2.93 bits per heavy atom. The van der Waals surface area contributed by atoms with Crippen LogP contribution in [0, 0.1) is 12.8 Å². The Balaban J connectivity index is 1.47. The average Bonchev–Trinajstić information content (AvgIpc) is 3.40. The summed E-state index contributed by atoms with van der Waals surface area (Å²) in [7, 11) is 0. The van der Waals surface area contributed by atoms with E-state index in [0.29, 0.717) is 22.4 Å². The number of nitrogens with one attached hydrogen (secondary N) is 2. The van der Waals surface area contributed by atoms with Crippen molar-refractivity contribution in [3.63, 3.8) is 0 Å². The lowest BCUT2D eigenvalue weighted by Gasteiger charge is -2.18. The molecule has 27 heavy (non-hydrogen) atoms. The predicted molar refractivity (Wildman–Crippen MR) is 107 cm³/mol. The summed E-state index contributed by atoms with van der Waals surface area (Å²) in [5.74, 6) is 1.35. The van der Waals surface area contributed by atoms with E-state index in [2.05, 4.69) is 27.5 Å². The summed E-state index contributed by atoms with van der Waals surface area (Å²) < 4.78 is 5.71. The van der Waals surface area contributed by atoms with Gasteiger partial charge in [0, 0.05) is 18.0 Å². The molecule has 0 aliphatic heterocycles. The normalized spacial score (nSPS) is 14.9. The molecule has 2 amide bonds. The van der Waals surface area contributed by atoms with E-state index < -0.39 is 0 Å². The van der Waals surface area contributed by atoms with Crippen LogP contribution in [0.5, 0.6) is 0 Å². The second-order valence-electron chi connectivity index (χ2n) is 6.77. The molecule has 0 spiro atoms. The molecule has 1 aromatic carbocycles. The number of hydrogen-bond acceptors (Lipinski definition) is 5. The summed E-state index contributed by atoms with van der Waals surface area (Å²) in [6.45, 7) is 4.09. The maximum atomic E-state index is 12.6. The number of oxazole rings is 1. The third kappa shape index (κ3) is 4.24. The fourth-order valence-electron chi connectivity index (χ4n) is 3.07. The largest absolute Gasteiger partial charge is 0.431 e. The van der Waals surface area contributed by atoms with Gasteiger partial charge in [0.15, 0.2) is 5.58 Å². The summed E-state index contributed by atoms with van der Waals surface area (Å²) >= 11 is 1.55. The Morgan fingerprint density at radius 1 is 1.33 bits per heavy atom. The molecule has 7 heteroatoms. The standard InChI is InChI=1S/C20H22N4O2S/c1-3-27-20-23-15-7-6-14(11-17(15)26-20)22-19(25)24-18(13-4-5-13)16-10-12(2)8-9-21-16/h6-11,13,18H,3-5H2,1-2H3,(H2,22,24,25)/t18-/m0/s1. The first-order chi connectivity index (χ1) is 13.1. The summed E-state index contributed by atoms with van der Waals surface area (Å²) in [6, 6.07) is 9.20. The van der Waals surface area contributed by atoms with Crippen molar-refractivity contribution in [2.75, 3.05) is 11.1 Å². The number of benzene rings is 1. The van der Waals surface area contributed by atoms with Crippen LogP contribution in [0.15, 0.2) is 46.2 Å². The van der Waals surface area contributed by atoms with Crippen molar-refractivity contribution >= 4 is 34.6 Å². The van der Waals surface area contributed by atoms with Gasteiger partial charge in [-0.2, -0.15) is 0 Å². The SMILES string of the molecule is CCSc1nc2ccc(NC(=O)N[C@H](c3cc(C)ccn3)C3CC3)cc2o1. The van der Waals surface area contributed by atoms with E-state index >= 15 is 0 Å². The number of thioether (sulfide) groups is 1. The highest BCUT2D eigenvalue weighted by atomic mass is 32.2. The highest BCUT2D eigenvalue weighted by molar-refractivity contribution is 7.99. The van der Waals surface area contributed by atoms with E-state index in [1.807, 2.05) is 31.2 Å². The lowest BCUT2D eigenvalue weighted by molar-refractivity contribution is 0.246. The zero-order valence-electron chi connectivity index (χ0n) is 15.4. The highest BCUT2D eigenvalue weighted by Gasteiger charge is 2.34. The number of nitrogens with zero attached hydrogens (tertiary/aromatic N) is 2. The zero-order chi connectivity index (χ0) is 18.8. The monoisotopic (exact) mass is 382 g/mol. The molecule has 0 bridgehead atoms. The number of carbonyl (C=O) groups excluding carboxylic acids is 1. The number of rotatable bonds is 6. The summed E-state index contributed by atoms with van der Waals surface area (Å²) in [4.78, 5) is 21.4. The van der Waals surface area contributed by atoms with Crippen molar-refractivity contribution in [1.82, 2.24) is 15.3 Å². The summed E-state index contributed by atoms with van der Waals surface area (Å²) in [5.41, 5.74) is 4.19. The summed E-state index contributed by atoms with van der Waals surface area (Å²) in [5, 5.41) is 6.63. The Labute approximate surface area is 162 Å². The second kappa shape index (κ2) is 7.60. The number of aromatic nitrogens is 2. The van der Waals surface area contributed by atoms with Gasteiger partial charge in [0.05, 0.1) is 11.7 Å². The first-order valence-corrected chi connectivity index (χ1v) is 10.1. The van der Waals surface area contributed by atoms with E-state index in [-0.39, 0.29) is 12.1 Å². The highest BCUT2D eigenvalue weighted by Crippen LogP contribution is 2.40. The fraction of sp³-hybridized carbons (Fsp3) is 0.350. The number of carbonyl (C=O) groups is 1. The van der Waals surface area contributed by atoms with E-state index in [9.17, 15) is 4.79 Å². The quantitative estimate of drug-likeness (QED) is 0.592. The van der Waals surface area contributed by atoms with Gasteiger partial charge >= 0.3 is 6.03 Å². The number of hydrogen-bond donors (Lipinski definition) is 2. The molecule has 2 aromatic heterocycles. The number of anilines is 1. The number of fused-ring (bicyclic) bond motifs is 1. The van der Waals surface area contributed by atoms with Gasteiger partial charge in [0.25, 0.3) is 5.22 Å². The molecule has 1 saturated carbocycles. The predicted octanol–water partition coefficient (Wildman–Crippen LogP) is 4.92. The van der Waals surface area contributed by atoms with Gasteiger partial charge in [0.1, 0.15) is 5.52 Å². The summed E-state index contributed by atoms with van der Waals surface area (Å²) in [6.07, 6.45) is 4.02. The first kappa shape index (κ1) is 17.9. The van der Waals surface area contributed by atoms with E-state index in [1.54, 1.807) is 24.0 Å². The number of pyridine rings is 1. The van der Waals surface area contributed by atoms with Crippen LogP contribution in [0.3, 0.4) is 0 Å². The van der Waals surface area contributed by atoms with Crippen LogP contribution < -0.4 is 10.6 Å². The maximum Gasteiger partial charge on any atom is 0.319 e. The van der Waals surface area contributed by atoms with Crippen molar-refractivity contribution in [2.24, 2.45) is 5.92 Å². The van der Waals surface area contributed by atoms with Crippen molar-refractivity contribution in [2.45, 2.75) is 38.0 Å². The molecule has 4 rings (SSSR count). The minimum Gasteiger partial charge on any atom is -0.431 e. The molecule has 140 valence electrons. The third-order valence-electron chi connectivity index (χ3n) is 4.53. The molecule has 3 aromatic rings. The van der Waals surface area contributed by atoms with Gasteiger partial charge in [-0.15, -0.1) is 0 Å². The van der Waals surface area contributed by atoms with Gasteiger partial charge in [-0.05, 0) is 61.3 Å². The molecular formula is C20H22N4O2S. The molecule has 1 aliphatic rings. The van der Waals surface area contributed by atoms with Crippen molar-refractivity contribution in [3.8, 4) is 0 Å². The minimum atomic E-state index is -0.239. The van der Waals surface area contributed by atoms with Gasteiger partial charge in [-0.1, -0.05) is 18.7 Å². The molecule has 0 unspecified atom stereocenters. The maximum absolute atomic E-state index is 12.6. The topological polar surface area (TPSA) is 80.0 Å². The van der Waals surface area contributed by atoms with Crippen LogP contribution in [0.4, 0.5) is 10.5 Å². The van der Waals surface area contributed by atoms with Crippen LogP contribution in [-0.2, 0) is 0 Å². The van der Waals surface area contributed by atoms with E-state index in [4.69, 9.17) is 4.42 Å². The third-order valence-corrected chi connectivity index (χ3v) is 5.24. The molecule has 2 N–H and O–H groups in total. The molecule has 0 radical (unpaired) electrons. The van der Waals surface area contributed by atoms with Crippen molar-refractivity contribution < 1.29 is 9.21 Å². The van der Waals surface area contributed by atoms with Gasteiger partial charge in [-0.25, -0.2) is 9.78 Å². The van der Waals surface area contributed by atoms with Crippen LogP contribution in [0.25, 0.3) is 11.1 Å². The molecule has 6 nitrogen and oxygen atoms in total. The minimum absolute atomic E-state index is 0.0635. The fourth-order valence-corrected chi connectivity index (χ4v) is 3.63. The van der Waals surface area contributed by atoms with Crippen LogP contribution in [0.1, 0.15) is 37.1 Å². The van der Waals surface area contributed by atoms with Gasteiger partial charge in [-0.3, -0.25) is 4.98 Å². The second-order valence-corrected chi connectivity index (χ2v) is 7.98. The Morgan fingerprint density at radius 2 is 2.19 bits per heavy atom. The van der Waals surface area contributed by atoms with Crippen molar-refractivity contribution in [1.29, 1.82) is 0 Å². The van der Waals surface area contributed by atoms with Crippen molar-refractivity contribution in [3.05, 3.63) is 47.8 Å². The Bertz CT molecular complexity index is 968. The lowest BCUT2D eigenvalue weighted by Crippen LogP contribution is -2.34. The molecule has 1 fully saturated rings. The molecule has 0 saturated heterocycles. The van der Waals surface area contributed by atoms with Gasteiger partial charge in [0.2, 0.25) is 0 Å². The number of amides is 2. The van der Waals surface area contributed by atoms with E-state index in [0.717, 1.165) is 35.4 Å². The smallest absolute Gasteiger partial charge is 0.319 e. The number of urea groups is 1. The average molecular weight is 382 g/mol. The molecule has 1 atom stereocenters. The zero-order valence-corrected chi connectivity index (χ0v) is 16.2. The number of aryl methyl sites for hydroxylation is 1. The van der Waals surface area contributed by atoms with Gasteiger partial charge < -0.3 is 15.1 Å². The lowest BCUT2D eigenvalue weighted by atomic mass is 10.1. The molecule has 2 heterocycles. The van der Waals surface area contributed by atoms with Crippen LogP contribution in [-0.4, -0.2) is 21.8 Å². The van der Waals surface area contributed by atoms with Crippen LogP contribution >= 0.6 is 11.8 Å². The Hall–Kier alpha value is -2.54. The Kier molecular flexibility index (Phi) is 5.03. The molecular weight excluding hydrogens is 360 g/mol. The van der Waals surface area contributed by atoms with Crippen LogP contribution in [0.2, 0.25) is 0 Å².